The highest BCUT2D eigenvalue weighted by Crippen LogP contribution is 2.31. The Morgan fingerprint density at radius 2 is 2.38 bits per heavy atom. The molecule has 0 radical (unpaired) electrons. The molecule has 0 aromatic rings. The second-order valence-corrected chi connectivity index (χ2v) is 4.70. The van der Waals surface area contributed by atoms with Gasteiger partial charge in [0.2, 0.25) is 0 Å². The molecule has 1 fully saturated rings. The Kier molecular flexibility index (Phi) is 4.24. The lowest BCUT2D eigenvalue weighted by Crippen LogP contribution is -2.40. The monoisotopic (exact) mass is 225 g/mol. The lowest BCUT2D eigenvalue weighted by Gasteiger charge is -2.30. The Morgan fingerprint density at radius 1 is 1.50 bits per heavy atom. The van der Waals surface area contributed by atoms with Crippen LogP contribution in [0, 0.1) is 5.92 Å². The van der Waals surface area contributed by atoms with Gasteiger partial charge >= 0.3 is 0 Å². The molecule has 1 saturated heterocycles. The van der Waals surface area contributed by atoms with Crippen molar-refractivity contribution < 1.29 is 9.47 Å². The largest absolute Gasteiger partial charge is 0.501 e. The van der Waals surface area contributed by atoms with E-state index in [0.29, 0.717) is 18.1 Å². The van der Waals surface area contributed by atoms with E-state index < -0.39 is 0 Å². The zero-order valence-corrected chi connectivity index (χ0v) is 10.4. The van der Waals surface area contributed by atoms with Gasteiger partial charge in [-0.2, -0.15) is 0 Å². The maximum absolute atomic E-state index is 5.78. The third-order valence-electron chi connectivity index (χ3n) is 3.76. The van der Waals surface area contributed by atoms with E-state index in [9.17, 15) is 0 Å². The van der Waals surface area contributed by atoms with E-state index in [1.807, 2.05) is 13.3 Å². The zero-order chi connectivity index (χ0) is 11.4. The number of hydrogen-bond acceptors (Lipinski definition) is 3. The molecule has 3 atom stereocenters. The molecule has 3 heteroatoms. The minimum atomic E-state index is 0.417. The van der Waals surface area contributed by atoms with Gasteiger partial charge in [-0.25, -0.2) is 0 Å². The molecular weight excluding hydrogens is 202 g/mol. The molecule has 0 amide bonds. The lowest BCUT2D eigenvalue weighted by molar-refractivity contribution is 0.0801. The van der Waals surface area contributed by atoms with Crippen LogP contribution in [-0.4, -0.2) is 32.4 Å². The van der Waals surface area contributed by atoms with Crippen molar-refractivity contribution >= 4 is 0 Å². The fraction of sp³-hybridized carbons (Fsp3) is 0.846. The maximum atomic E-state index is 5.78. The zero-order valence-electron chi connectivity index (χ0n) is 10.4. The standard InChI is InChI=1S/C13H23NO2/c1-3-12-11(6-8-16-12)13(14-2)10-5-4-7-15-9-10/h9,11-14H,3-8H2,1-2H3. The highest BCUT2D eigenvalue weighted by atomic mass is 16.5. The molecule has 0 aromatic heterocycles. The van der Waals surface area contributed by atoms with Crippen molar-refractivity contribution in [2.75, 3.05) is 20.3 Å². The molecule has 2 aliphatic heterocycles. The van der Waals surface area contributed by atoms with Crippen LogP contribution in [0.5, 0.6) is 0 Å². The van der Waals surface area contributed by atoms with E-state index >= 15 is 0 Å². The van der Waals surface area contributed by atoms with E-state index in [4.69, 9.17) is 9.47 Å². The fourth-order valence-electron chi connectivity index (χ4n) is 2.95. The summed E-state index contributed by atoms with van der Waals surface area (Å²) in [6.45, 7) is 4.00. The van der Waals surface area contributed by atoms with E-state index in [1.165, 1.54) is 18.4 Å². The summed E-state index contributed by atoms with van der Waals surface area (Å²) in [6.07, 6.45) is 6.97. The van der Waals surface area contributed by atoms with Crippen molar-refractivity contribution in [3.63, 3.8) is 0 Å². The summed E-state index contributed by atoms with van der Waals surface area (Å²) < 4.78 is 11.2. The van der Waals surface area contributed by atoms with Gasteiger partial charge in [-0.05, 0) is 38.3 Å². The predicted molar refractivity (Wildman–Crippen MR) is 64.3 cm³/mol. The Labute approximate surface area is 98.2 Å². The topological polar surface area (TPSA) is 30.5 Å². The van der Waals surface area contributed by atoms with Crippen LogP contribution in [0.4, 0.5) is 0 Å². The van der Waals surface area contributed by atoms with Crippen molar-refractivity contribution in [3.05, 3.63) is 11.8 Å². The van der Waals surface area contributed by atoms with Crippen LogP contribution < -0.4 is 5.32 Å². The normalized spacial score (nSPS) is 32.0. The fourth-order valence-corrected chi connectivity index (χ4v) is 2.95. The second-order valence-electron chi connectivity index (χ2n) is 4.70. The van der Waals surface area contributed by atoms with Crippen LogP contribution in [0.3, 0.4) is 0 Å². The van der Waals surface area contributed by atoms with Crippen molar-refractivity contribution in [3.8, 4) is 0 Å². The molecule has 2 rings (SSSR count). The van der Waals surface area contributed by atoms with Gasteiger partial charge in [0.1, 0.15) is 0 Å². The van der Waals surface area contributed by atoms with Gasteiger partial charge in [-0.1, -0.05) is 6.92 Å². The highest BCUT2D eigenvalue weighted by molar-refractivity contribution is 5.13. The summed E-state index contributed by atoms with van der Waals surface area (Å²) in [4.78, 5) is 0. The predicted octanol–water partition coefficient (Wildman–Crippen LogP) is 2.08. The molecule has 3 unspecified atom stereocenters. The first-order valence-electron chi connectivity index (χ1n) is 6.46. The second kappa shape index (κ2) is 5.69. The summed E-state index contributed by atoms with van der Waals surface area (Å²) in [5.41, 5.74) is 1.42. The number of hydrogen-bond donors (Lipinski definition) is 1. The SMILES string of the molecule is CCC1OCCC1C(NC)C1=COCCC1. The summed E-state index contributed by atoms with van der Waals surface area (Å²) >= 11 is 0. The first kappa shape index (κ1) is 11.9. The highest BCUT2D eigenvalue weighted by Gasteiger charge is 2.35. The first-order valence-corrected chi connectivity index (χ1v) is 6.46. The molecule has 3 nitrogen and oxygen atoms in total. The van der Waals surface area contributed by atoms with Crippen LogP contribution in [0.2, 0.25) is 0 Å². The number of ether oxygens (including phenoxy) is 2. The quantitative estimate of drug-likeness (QED) is 0.794. The third kappa shape index (κ3) is 2.41. The van der Waals surface area contributed by atoms with Gasteiger partial charge in [-0.3, -0.25) is 0 Å². The molecule has 0 saturated carbocycles. The van der Waals surface area contributed by atoms with Crippen molar-refractivity contribution in [2.45, 2.75) is 44.8 Å². The average molecular weight is 225 g/mol. The Morgan fingerprint density at radius 3 is 3.00 bits per heavy atom. The molecule has 0 aliphatic carbocycles. The Bertz CT molecular complexity index is 252. The third-order valence-corrected chi connectivity index (χ3v) is 3.76. The first-order chi connectivity index (χ1) is 7.86. The van der Waals surface area contributed by atoms with Crippen LogP contribution >= 0.6 is 0 Å². The van der Waals surface area contributed by atoms with Crippen LogP contribution in [0.25, 0.3) is 0 Å². The summed E-state index contributed by atoms with van der Waals surface area (Å²) in [5, 5.41) is 3.45. The molecule has 0 bridgehead atoms. The lowest BCUT2D eigenvalue weighted by atomic mass is 9.85. The van der Waals surface area contributed by atoms with E-state index in [0.717, 1.165) is 26.1 Å². The van der Waals surface area contributed by atoms with Crippen LogP contribution in [-0.2, 0) is 9.47 Å². The van der Waals surface area contributed by atoms with Gasteiger partial charge in [0.05, 0.1) is 19.0 Å². The smallest absolute Gasteiger partial charge is 0.0876 e. The summed E-state index contributed by atoms with van der Waals surface area (Å²) in [7, 11) is 2.05. The van der Waals surface area contributed by atoms with Gasteiger partial charge < -0.3 is 14.8 Å². The molecule has 2 heterocycles. The number of nitrogens with one attached hydrogen (secondary N) is 1. The molecule has 92 valence electrons. The van der Waals surface area contributed by atoms with E-state index in [1.54, 1.807) is 0 Å². The minimum absolute atomic E-state index is 0.417. The van der Waals surface area contributed by atoms with E-state index in [-0.39, 0.29) is 0 Å². The van der Waals surface area contributed by atoms with Crippen molar-refractivity contribution in [1.29, 1.82) is 0 Å². The summed E-state index contributed by atoms with van der Waals surface area (Å²) in [6, 6.07) is 0.438. The summed E-state index contributed by atoms with van der Waals surface area (Å²) in [5.74, 6) is 0.614. The van der Waals surface area contributed by atoms with Crippen molar-refractivity contribution in [2.24, 2.45) is 5.92 Å². The Hall–Kier alpha value is -0.540. The van der Waals surface area contributed by atoms with Crippen LogP contribution in [0.15, 0.2) is 11.8 Å². The Balaban J connectivity index is 2.05. The number of likely N-dealkylation sites (N-methyl/N-ethyl adjacent to an activating group) is 1. The number of rotatable bonds is 4. The molecule has 0 spiro atoms. The van der Waals surface area contributed by atoms with E-state index in [2.05, 4.69) is 12.2 Å². The van der Waals surface area contributed by atoms with Gasteiger partial charge in [0.15, 0.2) is 0 Å². The average Bonchev–Trinajstić information content (AvgIpc) is 2.80. The van der Waals surface area contributed by atoms with Crippen LogP contribution in [0.1, 0.15) is 32.6 Å². The molecule has 0 aromatic carbocycles. The van der Waals surface area contributed by atoms with Gasteiger partial charge in [-0.15, -0.1) is 0 Å². The minimum Gasteiger partial charge on any atom is -0.501 e. The molecule has 2 aliphatic rings. The molecule has 16 heavy (non-hydrogen) atoms. The molecular formula is C13H23NO2. The van der Waals surface area contributed by atoms with Crippen molar-refractivity contribution in [1.82, 2.24) is 5.32 Å². The van der Waals surface area contributed by atoms with Gasteiger partial charge in [0, 0.05) is 18.6 Å². The molecule has 1 N–H and O–H groups in total. The van der Waals surface area contributed by atoms with Gasteiger partial charge in [0.25, 0.3) is 0 Å². The maximum Gasteiger partial charge on any atom is 0.0876 e.